The van der Waals surface area contributed by atoms with Crippen LogP contribution in [0.3, 0.4) is 0 Å². The Balaban J connectivity index is 3.50. The molecule has 1 aromatic rings. The van der Waals surface area contributed by atoms with Gasteiger partial charge in [0.15, 0.2) is 17.3 Å². The average Bonchev–Trinajstić information content (AvgIpc) is 2.21. The maximum atomic E-state index is 13.4. The second-order valence-corrected chi connectivity index (χ2v) is 3.40. The van der Waals surface area contributed by atoms with Crippen molar-refractivity contribution in [3.63, 3.8) is 0 Å². The van der Waals surface area contributed by atoms with Crippen molar-refractivity contribution in [1.82, 2.24) is 0 Å². The van der Waals surface area contributed by atoms with Gasteiger partial charge in [0.25, 0.3) is 0 Å². The lowest BCUT2D eigenvalue weighted by Crippen LogP contribution is -2.16. The first-order valence-electron chi connectivity index (χ1n) is 4.28. The second-order valence-electron chi connectivity index (χ2n) is 3.02. The van der Waals surface area contributed by atoms with E-state index in [2.05, 4.69) is 0 Å². The Hall–Kier alpha value is -1.13. The first kappa shape index (κ1) is 11.9. The first-order valence-corrected chi connectivity index (χ1v) is 4.66. The second kappa shape index (κ2) is 4.59. The van der Waals surface area contributed by atoms with Crippen molar-refractivity contribution in [2.45, 2.75) is 6.92 Å². The van der Waals surface area contributed by atoms with E-state index in [4.69, 9.17) is 22.1 Å². The molecule has 0 aliphatic rings. The smallest absolute Gasteiger partial charge is 0.181 e. The maximum absolute atomic E-state index is 13.4. The molecule has 0 unspecified atom stereocenters. The molecule has 0 spiro atoms. The highest BCUT2D eigenvalue weighted by Gasteiger charge is 2.20. The summed E-state index contributed by atoms with van der Waals surface area (Å²) in [6.45, 7) is 1.37. The number of benzene rings is 1. The first-order chi connectivity index (χ1) is 7.02. The van der Waals surface area contributed by atoms with Crippen LogP contribution in [0, 0.1) is 12.7 Å². The van der Waals surface area contributed by atoms with Crippen LogP contribution in [-0.4, -0.2) is 19.4 Å². The number of aryl methyl sites for hydroxylation is 1. The summed E-state index contributed by atoms with van der Waals surface area (Å²) < 4.78 is 18.2. The molecular weight excluding hydrogens is 221 g/mol. The van der Waals surface area contributed by atoms with E-state index in [1.54, 1.807) is 6.92 Å². The molecule has 0 saturated heterocycles. The van der Waals surface area contributed by atoms with Crippen molar-refractivity contribution in [2.75, 3.05) is 13.7 Å². The Labute approximate surface area is 92.0 Å². The number of nitrogens with two attached hydrogens (primary N) is 1. The molecule has 0 aliphatic carbocycles. The molecule has 2 N–H and O–H groups in total. The number of hydrogen-bond donors (Lipinski definition) is 1. The van der Waals surface area contributed by atoms with Crippen LogP contribution in [0.5, 0.6) is 5.75 Å². The largest absolute Gasteiger partial charge is 0.493 e. The summed E-state index contributed by atoms with van der Waals surface area (Å²) in [5.74, 6) is -1.21. The Morgan fingerprint density at radius 2 is 2.27 bits per heavy atom. The summed E-state index contributed by atoms with van der Waals surface area (Å²) in [6.07, 6.45) is 0. The fourth-order valence-corrected chi connectivity index (χ4v) is 1.53. The fourth-order valence-electron chi connectivity index (χ4n) is 1.29. The molecule has 1 rings (SSSR count). The molecule has 0 bridgehead atoms. The van der Waals surface area contributed by atoms with Crippen molar-refractivity contribution >= 4 is 17.4 Å². The maximum Gasteiger partial charge on any atom is 0.181 e. The highest BCUT2D eigenvalue weighted by atomic mass is 35.5. The summed E-state index contributed by atoms with van der Waals surface area (Å²) in [7, 11) is 1.28. The fraction of sp³-hybridized carbons (Fsp3) is 0.300. The van der Waals surface area contributed by atoms with Crippen LogP contribution < -0.4 is 10.5 Å². The molecule has 5 heteroatoms. The van der Waals surface area contributed by atoms with Gasteiger partial charge in [0.2, 0.25) is 0 Å². The van der Waals surface area contributed by atoms with Crippen LogP contribution in [0.15, 0.2) is 6.07 Å². The Bertz CT molecular complexity index is 407. The molecule has 0 aromatic heterocycles. The van der Waals surface area contributed by atoms with Gasteiger partial charge in [0.05, 0.1) is 24.2 Å². The van der Waals surface area contributed by atoms with E-state index in [9.17, 15) is 9.18 Å². The van der Waals surface area contributed by atoms with Crippen LogP contribution in [0.4, 0.5) is 4.39 Å². The van der Waals surface area contributed by atoms with Gasteiger partial charge < -0.3 is 10.5 Å². The van der Waals surface area contributed by atoms with E-state index in [1.807, 2.05) is 0 Å². The summed E-state index contributed by atoms with van der Waals surface area (Å²) >= 11 is 5.90. The third-order valence-electron chi connectivity index (χ3n) is 2.02. The molecule has 0 heterocycles. The summed E-state index contributed by atoms with van der Waals surface area (Å²) in [6, 6.07) is 1.22. The van der Waals surface area contributed by atoms with Crippen molar-refractivity contribution in [1.29, 1.82) is 0 Å². The molecule has 1 aromatic carbocycles. The number of ketones is 1. The Kier molecular flexibility index (Phi) is 3.66. The molecule has 0 amide bonds. The number of carbonyl (C=O) groups is 1. The third-order valence-corrected chi connectivity index (χ3v) is 2.51. The van der Waals surface area contributed by atoms with Crippen LogP contribution in [0.1, 0.15) is 15.9 Å². The quantitative estimate of drug-likeness (QED) is 0.809. The minimum atomic E-state index is -0.615. The van der Waals surface area contributed by atoms with Crippen LogP contribution in [-0.2, 0) is 0 Å². The van der Waals surface area contributed by atoms with Gasteiger partial charge >= 0.3 is 0 Å². The Morgan fingerprint density at radius 1 is 1.67 bits per heavy atom. The molecule has 0 saturated carbocycles. The van der Waals surface area contributed by atoms with Gasteiger partial charge in [-0.15, -0.1) is 0 Å². The predicted octanol–water partition coefficient (Wildman–Crippen LogP) is 1.94. The molecule has 15 heavy (non-hydrogen) atoms. The lowest BCUT2D eigenvalue weighted by molar-refractivity contribution is 0.0997. The van der Waals surface area contributed by atoms with Crippen molar-refractivity contribution < 1.29 is 13.9 Å². The van der Waals surface area contributed by atoms with E-state index >= 15 is 0 Å². The zero-order chi connectivity index (χ0) is 11.6. The van der Waals surface area contributed by atoms with E-state index in [1.165, 1.54) is 13.2 Å². The number of methoxy groups -OCH3 is 1. The molecule has 0 radical (unpaired) electrons. The lowest BCUT2D eigenvalue weighted by atomic mass is 10.1. The lowest BCUT2D eigenvalue weighted by Gasteiger charge is -2.11. The topological polar surface area (TPSA) is 52.3 Å². The van der Waals surface area contributed by atoms with Gasteiger partial charge in [-0.25, -0.2) is 4.39 Å². The number of halogens is 2. The Morgan fingerprint density at radius 3 is 2.73 bits per heavy atom. The summed E-state index contributed by atoms with van der Waals surface area (Å²) in [5, 5.41) is 0.184. The standard InChI is InChI=1S/C10H11ClFNO2/c1-5-3-6(12)10(15-2)8(9(5)11)7(14)4-13/h3H,4,13H2,1-2H3. The number of ether oxygens (including phenoxy) is 1. The van der Waals surface area contributed by atoms with Gasteiger partial charge in [-0.3, -0.25) is 4.79 Å². The molecule has 82 valence electrons. The summed E-state index contributed by atoms with van der Waals surface area (Å²) in [4.78, 5) is 11.5. The highest BCUT2D eigenvalue weighted by molar-refractivity contribution is 6.35. The van der Waals surface area contributed by atoms with Gasteiger partial charge in [-0.2, -0.15) is 0 Å². The molecule has 3 nitrogen and oxygen atoms in total. The third kappa shape index (κ3) is 2.11. The van der Waals surface area contributed by atoms with E-state index < -0.39 is 11.6 Å². The minimum absolute atomic E-state index is 0.0131. The molecule has 0 fully saturated rings. The highest BCUT2D eigenvalue weighted by Crippen LogP contribution is 2.32. The SMILES string of the molecule is COc1c(F)cc(C)c(Cl)c1C(=O)CN. The normalized spacial score (nSPS) is 10.2. The van der Waals surface area contributed by atoms with Crippen molar-refractivity contribution in [3.8, 4) is 5.75 Å². The van der Waals surface area contributed by atoms with E-state index in [0.717, 1.165) is 0 Å². The van der Waals surface area contributed by atoms with Gasteiger partial charge in [-0.1, -0.05) is 11.6 Å². The van der Waals surface area contributed by atoms with Gasteiger partial charge in [0, 0.05) is 0 Å². The predicted molar refractivity (Wildman–Crippen MR) is 56.1 cm³/mol. The molecule has 0 aliphatic heterocycles. The van der Waals surface area contributed by atoms with Gasteiger partial charge in [-0.05, 0) is 18.6 Å². The zero-order valence-corrected chi connectivity index (χ0v) is 9.19. The van der Waals surface area contributed by atoms with Crippen LogP contribution in [0.25, 0.3) is 0 Å². The number of carbonyl (C=O) groups excluding carboxylic acids is 1. The molecular formula is C10H11ClFNO2. The summed E-state index contributed by atoms with van der Waals surface area (Å²) in [5.41, 5.74) is 5.70. The number of rotatable bonds is 3. The monoisotopic (exact) mass is 231 g/mol. The van der Waals surface area contributed by atoms with Crippen molar-refractivity contribution in [2.24, 2.45) is 5.73 Å². The van der Waals surface area contributed by atoms with Gasteiger partial charge in [0.1, 0.15) is 0 Å². The number of hydrogen-bond acceptors (Lipinski definition) is 3. The van der Waals surface area contributed by atoms with E-state index in [0.29, 0.717) is 5.56 Å². The molecule has 0 atom stereocenters. The zero-order valence-electron chi connectivity index (χ0n) is 8.43. The van der Waals surface area contributed by atoms with E-state index in [-0.39, 0.29) is 22.9 Å². The number of Topliss-reactive ketones (excluding diaryl/α,β-unsaturated/α-hetero) is 1. The van der Waals surface area contributed by atoms with Crippen LogP contribution in [0.2, 0.25) is 5.02 Å². The average molecular weight is 232 g/mol. The van der Waals surface area contributed by atoms with Crippen molar-refractivity contribution in [3.05, 3.63) is 28.0 Å². The van der Waals surface area contributed by atoms with Crippen LogP contribution >= 0.6 is 11.6 Å². The minimum Gasteiger partial charge on any atom is -0.493 e.